The number of halogens is 5. The van der Waals surface area contributed by atoms with Gasteiger partial charge in [0.15, 0.2) is 5.54 Å². The largest absolute Gasteiger partial charge is 0.433 e. The first-order chi connectivity index (χ1) is 14.2. The van der Waals surface area contributed by atoms with Crippen LogP contribution in [0.5, 0.6) is 5.75 Å². The minimum atomic E-state index is -3.14. The Hall–Kier alpha value is -3.28. The quantitative estimate of drug-likeness (QED) is 0.687. The molecule has 0 bridgehead atoms. The van der Waals surface area contributed by atoms with Crippen LogP contribution < -0.4 is 15.8 Å². The molecule has 0 saturated heterocycles. The Kier molecular flexibility index (Phi) is 6.15. The summed E-state index contributed by atoms with van der Waals surface area (Å²) >= 11 is 0. The number of nitrogens with two attached hydrogens (primary N) is 1. The molecule has 0 unspecified atom stereocenters. The van der Waals surface area contributed by atoms with Crippen molar-refractivity contribution in [1.82, 2.24) is 4.98 Å². The lowest BCUT2D eigenvalue weighted by Crippen LogP contribution is -2.45. The lowest BCUT2D eigenvalue weighted by Gasteiger charge is -2.33. The number of aliphatic imine (C=N–C) groups is 1. The van der Waals surface area contributed by atoms with Gasteiger partial charge in [-0.2, -0.15) is 8.78 Å². The molecule has 1 aromatic heterocycles. The van der Waals surface area contributed by atoms with E-state index in [1.54, 1.807) is 0 Å². The minimum Gasteiger partial charge on any atom is -0.433 e. The molecule has 1 amide bonds. The molecule has 1 atom stereocenters. The molecule has 7 nitrogen and oxygen atoms in total. The van der Waals surface area contributed by atoms with Gasteiger partial charge in [0.1, 0.15) is 29.7 Å². The molecule has 1 aliphatic rings. The second kappa shape index (κ2) is 8.61. The third kappa shape index (κ3) is 4.48. The summed E-state index contributed by atoms with van der Waals surface area (Å²) in [5, 5.41) is 2.37. The number of hydrogen-bond donors (Lipinski definition) is 2. The van der Waals surface area contributed by atoms with Gasteiger partial charge in [-0.3, -0.25) is 9.79 Å². The van der Waals surface area contributed by atoms with Gasteiger partial charge in [-0.1, -0.05) is 0 Å². The van der Waals surface area contributed by atoms with Crippen LogP contribution in [0.15, 0.2) is 41.5 Å². The van der Waals surface area contributed by atoms with Crippen LogP contribution in [0.2, 0.25) is 0 Å². The number of hydrogen-bond acceptors (Lipinski definition) is 6. The number of aromatic nitrogens is 1. The van der Waals surface area contributed by atoms with Gasteiger partial charge in [-0.25, -0.2) is 18.2 Å². The number of amidine groups is 1. The predicted molar refractivity (Wildman–Crippen MR) is 95.3 cm³/mol. The standard InChI is InChI=1S/C18H15F5N4O3/c19-12-3-1-9(5-11(12)18(16(20)21)8-29-7-14(24)27-18)26-15(28)13-4-2-10(6-25-13)30-17(22)23/h1-6,16-17H,7-8H2,(H2,24,27)(H,26,28)/t18-/m0/s1. The molecule has 0 saturated carbocycles. The average Bonchev–Trinajstić information content (AvgIpc) is 2.69. The molecule has 3 N–H and O–H groups in total. The molecule has 12 heteroatoms. The van der Waals surface area contributed by atoms with Gasteiger partial charge in [0.2, 0.25) is 0 Å². The van der Waals surface area contributed by atoms with Crippen LogP contribution in [0.4, 0.5) is 27.6 Å². The smallest absolute Gasteiger partial charge is 0.387 e. The summed E-state index contributed by atoms with van der Waals surface area (Å²) in [6, 6.07) is 5.27. The maximum Gasteiger partial charge on any atom is 0.387 e. The topological polar surface area (TPSA) is 98.8 Å². The zero-order valence-electron chi connectivity index (χ0n) is 15.1. The Bertz CT molecular complexity index is 955. The first kappa shape index (κ1) is 21.4. The number of carbonyl (C=O) groups excluding carboxylic acids is 1. The van der Waals surface area contributed by atoms with E-state index in [1.165, 1.54) is 0 Å². The van der Waals surface area contributed by atoms with E-state index in [4.69, 9.17) is 10.5 Å². The number of ether oxygens (including phenoxy) is 2. The summed E-state index contributed by atoms with van der Waals surface area (Å²) in [4.78, 5) is 19.7. The van der Waals surface area contributed by atoms with E-state index >= 15 is 0 Å². The Balaban J connectivity index is 1.86. The average molecular weight is 430 g/mol. The van der Waals surface area contributed by atoms with Crippen molar-refractivity contribution in [2.24, 2.45) is 10.7 Å². The van der Waals surface area contributed by atoms with E-state index in [0.29, 0.717) is 0 Å². The highest BCUT2D eigenvalue weighted by Gasteiger charge is 2.46. The Morgan fingerprint density at radius 3 is 2.60 bits per heavy atom. The molecule has 3 rings (SSSR count). The SMILES string of the molecule is NC1=N[C@@](c2cc(NC(=O)c3ccc(OC(F)F)cn3)ccc2F)(C(F)F)COC1. The minimum absolute atomic E-state index is 0.0227. The van der Waals surface area contributed by atoms with Gasteiger partial charge in [-0.05, 0) is 30.3 Å². The molecule has 160 valence electrons. The predicted octanol–water partition coefficient (Wildman–Crippen LogP) is 2.92. The van der Waals surface area contributed by atoms with Crippen molar-refractivity contribution < 1.29 is 36.2 Å². The van der Waals surface area contributed by atoms with Gasteiger partial charge in [-0.15, -0.1) is 0 Å². The second-order valence-electron chi connectivity index (χ2n) is 6.23. The lowest BCUT2D eigenvalue weighted by molar-refractivity contribution is -0.0500. The highest BCUT2D eigenvalue weighted by molar-refractivity contribution is 6.02. The van der Waals surface area contributed by atoms with Gasteiger partial charge >= 0.3 is 6.61 Å². The van der Waals surface area contributed by atoms with E-state index in [-0.39, 0.29) is 29.6 Å². The number of alkyl halides is 4. The number of benzene rings is 1. The molecule has 30 heavy (non-hydrogen) atoms. The fourth-order valence-corrected chi connectivity index (χ4v) is 2.82. The van der Waals surface area contributed by atoms with Crippen LogP contribution in [-0.2, 0) is 10.3 Å². The molecule has 0 fully saturated rings. The number of rotatable bonds is 6. The van der Waals surface area contributed by atoms with Gasteiger partial charge < -0.3 is 20.5 Å². The number of anilines is 1. The summed E-state index contributed by atoms with van der Waals surface area (Å²) in [5.74, 6) is -2.24. The van der Waals surface area contributed by atoms with Crippen molar-refractivity contribution in [3.63, 3.8) is 0 Å². The second-order valence-corrected chi connectivity index (χ2v) is 6.23. The number of carbonyl (C=O) groups is 1. The van der Waals surface area contributed by atoms with E-state index < -0.39 is 42.5 Å². The van der Waals surface area contributed by atoms with E-state index in [2.05, 4.69) is 20.0 Å². The fourth-order valence-electron chi connectivity index (χ4n) is 2.82. The first-order valence-corrected chi connectivity index (χ1v) is 8.43. The monoisotopic (exact) mass is 430 g/mol. The highest BCUT2D eigenvalue weighted by atomic mass is 19.3. The van der Waals surface area contributed by atoms with Gasteiger partial charge in [0.05, 0.1) is 12.8 Å². The third-order valence-corrected chi connectivity index (χ3v) is 4.16. The summed E-state index contributed by atoms with van der Waals surface area (Å²) < 4.78 is 75.5. The fraction of sp³-hybridized carbons (Fsp3) is 0.278. The summed E-state index contributed by atoms with van der Waals surface area (Å²) in [5.41, 5.74) is 2.44. The number of pyridine rings is 1. The Morgan fingerprint density at radius 1 is 1.23 bits per heavy atom. The molecule has 2 heterocycles. The molecule has 0 aliphatic carbocycles. The van der Waals surface area contributed by atoms with Crippen molar-refractivity contribution in [3.05, 3.63) is 53.6 Å². The summed E-state index contributed by atoms with van der Waals surface area (Å²) in [7, 11) is 0. The maximum atomic E-state index is 14.4. The van der Waals surface area contributed by atoms with Crippen LogP contribution >= 0.6 is 0 Å². The molecule has 0 radical (unpaired) electrons. The van der Waals surface area contributed by atoms with Crippen LogP contribution in [0, 0.1) is 5.82 Å². The molecular formula is C18H15F5N4O3. The molecular weight excluding hydrogens is 415 g/mol. The Morgan fingerprint density at radius 2 is 2.00 bits per heavy atom. The highest BCUT2D eigenvalue weighted by Crippen LogP contribution is 2.38. The van der Waals surface area contributed by atoms with Crippen LogP contribution in [0.25, 0.3) is 0 Å². The third-order valence-electron chi connectivity index (χ3n) is 4.16. The van der Waals surface area contributed by atoms with Crippen LogP contribution in [-0.4, -0.2) is 43.0 Å². The van der Waals surface area contributed by atoms with Crippen LogP contribution in [0.3, 0.4) is 0 Å². The van der Waals surface area contributed by atoms with Crippen LogP contribution in [0.1, 0.15) is 16.1 Å². The summed E-state index contributed by atoms with van der Waals surface area (Å²) in [6.07, 6.45) is -2.22. The zero-order chi connectivity index (χ0) is 21.9. The number of nitrogens with one attached hydrogen (secondary N) is 1. The number of amides is 1. The number of nitrogens with zero attached hydrogens (tertiary/aromatic N) is 2. The van der Waals surface area contributed by atoms with Crippen molar-refractivity contribution >= 4 is 17.4 Å². The van der Waals surface area contributed by atoms with E-state index in [9.17, 15) is 26.7 Å². The van der Waals surface area contributed by atoms with E-state index in [0.717, 1.165) is 36.5 Å². The summed E-state index contributed by atoms with van der Waals surface area (Å²) in [6.45, 7) is -3.82. The normalized spacial score (nSPS) is 19.0. The van der Waals surface area contributed by atoms with Crippen molar-refractivity contribution in [2.45, 2.75) is 18.6 Å². The molecule has 1 aliphatic heterocycles. The molecule has 1 aromatic carbocycles. The molecule has 0 spiro atoms. The van der Waals surface area contributed by atoms with Crippen molar-refractivity contribution in [1.29, 1.82) is 0 Å². The van der Waals surface area contributed by atoms with Gasteiger partial charge in [0.25, 0.3) is 12.3 Å². The maximum absolute atomic E-state index is 14.4. The van der Waals surface area contributed by atoms with E-state index in [1.807, 2.05) is 0 Å². The molecule has 2 aromatic rings. The van der Waals surface area contributed by atoms with Gasteiger partial charge in [0, 0.05) is 11.3 Å². The van der Waals surface area contributed by atoms with Crippen molar-refractivity contribution in [3.8, 4) is 5.75 Å². The van der Waals surface area contributed by atoms with Crippen molar-refractivity contribution in [2.75, 3.05) is 18.5 Å². The zero-order valence-corrected chi connectivity index (χ0v) is 15.1. The first-order valence-electron chi connectivity index (χ1n) is 8.43. The lowest BCUT2D eigenvalue weighted by atomic mass is 9.90. The Labute approximate surface area is 166 Å².